The summed E-state index contributed by atoms with van der Waals surface area (Å²) in [7, 11) is 3.11. The van der Waals surface area contributed by atoms with E-state index in [-0.39, 0.29) is 24.7 Å². The van der Waals surface area contributed by atoms with Crippen molar-refractivity contribution < 1.29 is 18.7 Å². The van der Waals surface area contributed by atoms with Crippen LogP contribution in [0.15, 0.2) is 54.9 Å². The standard InChI is InChI=1S/C21H20FN3O3/c1-27-19-8-3-14(9-20(19)28-2)10-21(26)23-12-17-11-18(25-13-24-17)15-4-6-16(22)7-5-15/h3-9,11,13H,10,12H2,1-2H3,(H,23,26). The van der Waals surface area contributed by atoms with Gasteiger partial charge in [-0.3, -0.25) is 4.79 Å². The highest BCUT2D eigenvalue weighted by molar-refractivity contribution is 5.78. The Kier molecular flexibility index (Phi) is 6.16. The quantitative estimate of drug-likeness (QED) is 0.681. The molecule has 0 aliphatic heterocycles. The molecule has 0 saturated carbocycles. The highest BCUT2D eigenvalue weighted by Crippen LogP contribution is 2.27. The average Bonchev–Trinajstić information content (AvgIpc) is 2.73. The van der Waals surface area contributed by atoms with Gasteiger partial charge in [0.05, 0.1) is 38.6 Å². The van der Waals surface area contributed by atoms with Crippen LogP contribution in [0.3, 0.4) is 0 Å². The molecule has 0 spiro atoms. The van der Waals surface area contributed by atoms with Gasteiger partial charge in [-0.1, -0.05) is 6.07 Å². The zero-order chi connectivity index (χ0) is 19.9. The second-order valence-electron chi connectivity index (χ2n) is 6.04. The van der Waals surface area contributed by atoms with E-state index in [0.29, 0.717) is 22.9 Å². The van der Waals surface area contributed by atoms with Crippen molar-refractivity contribution >= 4 is 5.91 Å². The molecule has 3 rings (SSSR count). The van der Waals surface area contributed by atoms with Crippen molar-refractivity contribution in [2.75, 3.05) is 14.2 Å². The van der Waals surface area contributed by atoms with Crippen molar-refractivity contribution in [1.82, 2.24) is 15.3 Å². The van der Waals surface area contributed by atoms with Crippen LogP contribution in [0.4, 0.5) is 4.39 Å². The van der Waals surface area contributed by atoms with Crippen molar-refractivity contribution in [3.8, 4) is 22.8 Å². The number of methoxy groups -OCH3 is 2. The third kappa shape index (κ3) is 4.82. The van der Waals surface area contributed by atoms with Crippen molar-refractivity contribution in [3.63, 3.8) is 0 Å². The molecule has 1 N–H and O–H groups in total. The zero-order valence-corrected chi connectivity index (χ0v) is 15.6. The van der Waals surface area contributed by atoms with Crippen LogP contribution >= 0.6 is 0 Å². The number of amides is 1. The third-order valence-corrected chi connectivity index (χ3v) is 4.14. The minimum Gasteiger partial charge on any atom is -0.493 e. The van der Waals surface area contributed by atoms with Gasteiger partial charge in [-0.05, 0) is 48.0 Å². The summed E-state index contributed by atoms with van der Waals surface area (Å²) in [5, 5.41) is 2.84. The minimum absolute atomic E-state index is 0.144. The summed E-state index contributed by atoms with van der Waals surface area (Å²) in [4.78, 5) is 20.6. The molecule has 144 valence electrons. The van der Waals surface area contributed by atoms with Gasteiger partial charge in [0, 0.05) is 5.56 Å². The number of aromatic nitrogens is 2. The molecule has 0 fully saturated rings. The van der Waals surface area contributed by atoms with Crippen molar-refractivity contribution in [2.24, 2.45) is 0 Å². The summed E-state index contributed by atoms with van der Waals surface area (Å²) in [6, 6.07) is 13.2. The fourth-order valence-electron chi connectivity index (χ4n) is 2.70. The van der Waals surface area contributed by atoms with E-state index in [1.54, 1.807) is 44.6 Å². The number of nitrogens with zero attached hydrogens (tertiary/aromatic N) is 2. The van der Waals surface area contributed by atoms with Gasteiger partial charge in [-0.25, -0.2) is 14.4 Å². The number of hydrogen-bond donors (Lipinski definition) is 1. The van der Waals surface area contributed by atoms with Gasteiger partial charge in [0.25, 0.3) is 0 Å². The molecule has 1 amide bonds. The third-order valence-electron chi connectivity index (χ3n) is 4.14. The number of hydrogen-bond acceptors (Lipinski definition) is 5. The van der Waals surface area contributed by atoms with E-state index in [1.807, 2.05) is 6.07 Å². The van der Waals surface area contributed by atoms with Crippen LogP contribution in [-0.4, -0.2) is 30.1 Å². The normalized spacial score (nSPS) is 10.4. The largest absolute Gasteiger partial charge is 0.493 e. The fourth-order valence-corrected chi connectivity index (χ4v) is 2.70. The summed E-state index contributed by atoms with van der Waals surface area (Å²) in [6.45, 7) is 0.267. The minimum atomic E-state index is -0.305. The first-order valence-electron chi connectivity index (χ1n) is 8.63. The van der Waals surface area contributed by atoms with E-state index in [2.05, 4.69) is 15.3 Å². The van der Waals surface area contributed by atoms with Gasteiger partial charge < -0.3 is 14.8 Å². The first kappa shape index (κ1) is 19.3. The van der Waals surface area contributed by atoms with E-state index in [0.717, 1.165) is 11.1 Å². The Hall–Kier alpha value is -3.48. The van der Waals surface area contributed by atoms with Crippen molar-refractivity contribution in [3.05, 3.63) is 71.9 Å². The lowest BCUT2D eigenvalue weighted by molar-refractivity contribution is -0.120. The van der Waals surface area contributed by atoms with E-state index in [1.165, 1.54) is 18.5 Å². The van der Waals surface area contributed by atoms with Gasteiger partial charge >= 0.3 is 0 Å². The van der Waals surface area contributed by atoms with Crippen LogP contribution in [-0.2, 0) is 17.8 Å². The van der Waals surface area contributed by atoms with Crippen LogP contribution in [0, 0.1) is 5.82 Å². The SMILES string of the molecule is COc1ccc(CC(=O)NCc2cc(-c3ccc(F)cc3)ncn2)cc1OC. The first-order valence-corrected chi connectivity index (χ1v) is 8.63. The van der Waals surface area contributed by atoms with Crippen molar-refractivity contribution in [2.45, 2.75) is 13.0 Å². The molecule has 3 aromatic rings. The molecule has 0 radical (unpaired) electrons. The first-order chi connectivity index (χ1) is 13.6. The summed E-state index contributed by atoms with van der Waals surface area (Å²) in [5.41, 5.74) is 2.92. The van der Waals surface area contributed by atoms with Gasteiger partial charge in [0.1, 0.15) is 12.1 Å². The second-order valence-corrected chi connectivity index (χ2v) is 6.04. The summed E-state index contributed by atoms with van der Waals surface area (Å²) in [6.07, 6.45) is 1.63. The molecule has 0 bridgehead atoms. The highest BCUT2D eigenvalue weighted by atomic mass is 19.1. The lowest BCUT2D eigenvalue weighted by Gasteiger charge is -2.10. The van der Waals surface area contributed by atoms with E-state index in [4.69, 9.17) is 9.47 Å². The summed E-state index contributed by atoms with van der Waals surface area (Å²) < 4.78 is 23.5. The molecule has 0 atom stereocenters. The Bertz CT molecular complexity index is 961. The maximum atomic E-state index is 13.1. The molecule has 2 aromatic carbocycles. The molecule has 0 saturated heterocycles. The average molecular weight is 381 g/mol. The van der Waals surface area contributed by atoms with Crippen LogP contribution < -0.4 is 14.8 Å². The maximum absolute atomic E-state index is 13.1. The van der Waals surface area contributed by atoms with Crippen LogP contribution in [0.5, 0.6) is 11.5 Å². The Morgan fingerprint density at radius 3 is 2.46 bits per heavy atom. The molecule has 7 heteroatoms. The summed E-state index contributed by atoms with van der Waals surface area (Å²) >= 11 is 0. The Labute approximate surface area is 162 Å². The van der Waals surface area contributed by atoms with Crippen molar-refractivity contribution in [1.29, 1.82) is 0 Å². The number of benzene rings is 2. The lowest BCUT2D eigenvalue weighted by atomic mass is 10.1. The summed E-state index contributed by atoms with van der Waals surface area (Å²) in [5.74, 6) is 0.739. The topological polar surface area (TPSA) is 73.3 Å². The predicted molar refractivity (Wildman–Crippen MR) is 103 cm³/mol. The van der Waals surface area contributed by atoms with Gasteiger partial charge in [0.2, 0.25) is 5.91 Å². The molecule has 28 heavy (non-hydrogen) atoms. The van der Waals surface area contributed by atoms with E-state index in [9.17, 15) is 9.18 Å². The number of carbonyl (C=O) groups excluding carboxylic acids is 1. The number of halogens is 1. The number of rotatable bonds is 7. The Balaban J connectivity index is 1.62. The molecule has 6 nitrogen and oxygen atoms in total. The smallest absolute Gasteiger partial charge is 0.224 e. The second kappa shape index (κ2) is 8.94. The molecule has 1 aromatic heterocycles. The van der Waals surface area contributed by atoms with Crippen LogP contribution in [0.1, 0.15) is 11.3 Å². The number of carbonyl (C=O) groups is 1. The predicted octanol–water partition coefficient (Wildman–Crippen LogP) is 3.16. The molecule has 1 heterocycles. The highest BCUT2D eigenvalue weighted by Gasteiger charge is 2.09. The monoisotopic (exact) mass is 381 g/mol. The van der Waals surface area contributed by atoms with E-state index < -0.39 is 0 Å². The van der Waals surface area contributed by atoms with Gasteiger partial charge in [-0.2, -0.15) is 0 Å². The van der Waals surface area contributed by atoms with Gasteiger partial charge in [0.15, 0.2) is 11.5 Å². The van der Waals surface area contributed by atoms with E-state index >= 15 is 0 Å². The molecule has 0 unspecified atom stereocenters. The molecule has 0 aliphatic rings. The molecular formula is C21H20FN3O3. The number of nitrogens with one attached hydrogen (secondary N) is 1. The fraction of sp³-hybridized carbons (Fsp3) is 0.190. The lowest BCUT2D eigenvalue weighted by Crippen LogP contribution is -2.25. The molecule has 0 aliphatic carbocycles. The van der Waals surface area contributed by atoms with Crippen LogP contribution in [0.2, 0.25) is 0 Å². The van der Waals surface area contributed by atoms with Crippen LogP contribution in [0.25, 0.3) is 11.3 Å². The molecular weight excluding hydrogens is 361 g/mol. The van der Waals surface area contributed by atoms with Gasteiger partial charge in [-0.15, -0.1) is 0 Å². The number of ether oxygens (including phenoxy) is 2. The Morgan fingerprint density at radius 1 is 1.00 bits per heavy atom. The maximum Gasteiger partial charge on any atom is 0.224 e. The Morgan fingerprint density at radius 2 is 1.75 bits per heavy atom. The zero-order valence-electron chi connectivity index (χ0n) is 15.6.